The molecule has 0 N–H and O–H groups in total. The van der Waals surface area contributed by atoms with Crippen molar-refractivity contribution in [3.8, 4) is 10.6 Å². The average molecular weight is 220 g/mol. The highest BCUT2D eigenvalue weighted by Gasteiger charge is 2.08. The molecule has 0 bridgehead atoms. The zero-order valence-electron chi connectivity index (χ0n) is 8.51. The molecule has 0 saturated heterocycles. The fraction of sp³-hybridized carbons (Fsp3) is 0.273. The second-order valence-electron chi connectivity index (χ2n) is 3.20. The lowest BCUT2D eigenvalue weighted by molar-refractivity contribution is -0.108. The predicted octanol–water partition coefficient (Wildman–Crippen LogP) is 2.37. The first-order valence-corrected chi connectivity index (χ1v) is 5.77. The van der Waals surface area contributed by atoms with E-state index in [-0.39, 0.29) is 0 Å². The Bertz CT molecular complexity index is 445. The Morgan fingerprint density at radius 2 is 2.47 bits per heavy atom. The maximum Gasteiger partial charge on any atom is 0.141 e. The van der Waals surface area contributed by atoms with E-state index < -0.39 is 0 Å². The number of hydrogen-bond acceptors (Lipinski definition) is 3. The summed E-state index contributed by atoms with van der Waals surface area (Å²) in [6.45, 7) is 2.41. The van der Waals surface area contributed by atoms with Gasteiger partial charge >= 0.3 is 0 Å². The quantitative estimate of drug-likeness (QED) is 0.741. The molecule has 0 radical (unpaired) electrons. The molecule has 0 amide bonds. The van der Waals surface area contributed by atoms with Gasteiger partial charge in [-0.2, -0.15) is 5.10 Å². The number of hydrogen-bond donors (Lipinski definition) is 0. The third-order valence-corrected chi connectivity index (χ3v) is 3.14. The first-order valence-electron chi connectivity index (χ1n) is 4.89. The highest BCUT2D eigenvalue weighted by atomic mass is 32.1. The van der Waals surface area contributed by atoms with Crippen LogP contribution in [0.15, 0.2) is 23.6 Å². The van der Waals surface area contributed by atoms with Gasteiger partial charge in [0.15, 0.2) is 0 Å². The number of aromatic nitrogens is 2. The van der Waals surface area contributed by atoms with Crippen LogP contribution in [-0.2, 0) is 17.8 Å². The van der Waals surface area contributed by atoms with E-state index in [9.17, 15) is 4.79 Å². The topological polar surface area (TPSA) is 34.9 Å². The molecule has 0 fully saturated rings. The van der Waals surface area contributed by atoms with E-state index in [4.69, 9.17) is 0 Å². The fourth-order valence-electron chi connectivity index (χ4n) is 1.51. The highest BCUT2D eigenvalue weighted by Crippen LogP contribution is 2.24. The van der Waals surface area contributed by atoms with Crippen LogP contribution in [0.3, 0.4) is 0 Å². The number of rotatable bonds is 4. The number of nitrogens with zero attached hydrogens (tertiary/aromatic N) is 2. The molecule has 0 aliphatic heterocycles. The van der Waals surface area contributed by atoms with Crippen molar-refractivity contribution in [2.75, 3.05) is 0 Å². The molecular formula is C11H12N2OS. The second-order valence-corrected chi connectivity index (χ2v) is 4.15. The van der Waals surface area contributed by atoms with E-state index in [1.54, 1.807) is 16.0 Å². The Morgan fingerprint density at radius 3 is 3.07 bits per heavy atom. The van der Waals surface area contributed by atoms with Crippen molar-refractivity contribution in [2.45, 2.75) is 19.9 Å². The van der Waals surface area contributed by atoms with E-state index in [2.05, 4.69) is 18.1 Å². The van der Waals surface area contributed by atoms with E-state index >= 15 is 0 Å². The molecule has 2 aromatic heterocycles. The molecule has 0 unspecified atom stereocenters. The lowest BCUT2D eigenvalue weighted by Crippen LogP contribution is -2.04. The summed E-state index contributed by atoms with van der Waals surface area (Å²) < 4.78 is 1.77. The van der Waals surface area contributed by atoms with Gasteiger partial charge in [0.1, 0.15) is 12.0 Å². The molecule has 2 rings (SSSR count). The summed E-state index contributed by atoms with van der Waals surface area (Å²) in [6.07, 6.45) is 1.77. The van der Waals surface area contributed by atoms with E-state index in [0.29, 0.717) is 6.54 Å². The molecule has 2 aromatic rings. The van der Waals surface area contributed by atoms with Gasteiger partial charge in [-0.15, -0.1) is 11.3 Å². The molecule has 0 aromatic carbocycles. The average Bonchev–Trinajstić information content (AvgIpc) is 2.84. The minimum atomic E-state index is 0.342. The summed E-state index contributed by atoms with van der Waals surface area (Å²) in [7, 11) is 0. The Kier molecular flexibility index (Phi) is 2.97. The number of aldehydes is 1. The molecule has 0 atom stereocenters. The standard InChI is InChI=1S/C11H12N2OS/c1-2-9-8-10(11-4-3-7-15-11)12-13(9)5-6-14/h3-4,6-8H,2,5H2,1H3. The van der Waals surface area contributed by atoms with Gasteiger partial charge in [-0.05, 0) is 23.9 Å². The van der Waals surface area contributed by atoms with E-state index in [1.165, 1.54) is 0 Å². The van der Waals surface area contributed by atoms with Gasteiger partial charge in [0, 0.05) is 5.69 Å². The molecule has 78 valence electrons. The minimum absolute atomic E-state index is 0.342. The normalized spacial score (nSPS) is 10.5. The summed E-state index contributed by atoms with van der Waals surface area (Å²) in [5.74, 6) is 0. The van der Waals surface area contributed by atoms with Crippen molar-refractivity contribution in [1.29, 1.82) is 0 Å². The Hall–Kier alpha value is -1.42. The number of thiophene rings is 1. The largest absolute Gasteiger partial charge is 0.301 e. The first kappa shape index (κ1) is 10.1. The number of carbonyl (C=O) groups excluding carboxylic acids is 1. The molecule has 15 heavy (non-hydrogen) atoms. The van der Waals surface area contributed by atoms with Crippen molar-refractivity contribution < 1.29 is 4.79 Å². The molecule has 0 aliphatic rings. The molecular weight excluding hydrogens is 208 g/mol. The predicted molar refractivity (Wildman–Crippen MR) is 61.0 cm³/mol. The summed E-state index contributed by atoms with van der Waals surface area (Å²) >= 11 is 1.66. The highest BCUT2D eigenvalue weighted by molar-refractivity contribution is 7.13. The van der Waals surface area contributed by atoms with Crippen LogP contribution in [0.25, 0.3) is 10.6 Å². The molecule has 4 heteroatoms. The zero-order chi connectivity index (χ0) is 10.7. The monoisotopic (exact) mass is 220 g/mol. The maximum atomic E-state index is 10.5. The van der Waals surface area contributed by atoms with Crippen molar-refractivity contribution in [3.05, 3.63) is 29.3 Å². The smallest absolute Gasteiger partial charge is 0.141 e. The van der Waals surface area contributed by atoms with Crippen LogP contribution in [0.1, 0.15) is 12.6 Å². The van der Waals surface area contributed by atoms with Crippen molar-refractivity contribution >= 4 is 17.6 Å². The van der Waals surface area contributed by atoms with Gasteiger partial charge < -0.3 is 4.79 Å². The Labute approximate surface area is 92.4 Å². The van der Waals surface area contributed by atoms with Crippen LogP contribution in [0.4, 0.5) is 0 Å². The fourth-order valence-corrected chi connectivity index (χ4v) is 2.19. The Morgan fingerprint density at radius 1 is 1.60 bits per heavy atom. The van der Waals surface area contributed by atoms with Gasteiger partial charge in [-0.25, -0.2) is 0 Å². The van der Waals surface area contributed by atoms with Crippen LogP contribution in [-0.4, -0.2) is 16.1 Å². The van der Waals surface area contributed by atoms with Crippen LogP contribution >= 0.6 is 11.3 Å². The zero-order valence-corrected chi connectivity index (χ0v) is 9.33. The summed E-state index contributed by atoms with van der Waals surface area (Å²) in [5.41, 5.74) is 2.06. The summed E-state index contributed by atoms with van der Waals surface area (Å²) in [5, 5.41) is 6.44. The number of aryl methyl sites for hydroxylation is 1. The summed E-state index contributed by atoms with van der Waals surface area (Å²) in [6, 6.07) is 6.09. The molecule has 0 saturated carbocycles. The van der Waals surface area contributed by atoms with Gasteiger partial charge in [0.25, 0.3) is 0 Å². The number of carbonyl (C=O) groups is 1. The van der Waals surface area contributed by atoms with Crippen LogP contribution in [0, 0.1) is 0 Å². The molecule has 3 nitrogen and oxygen atoms in total. The van der Waals surface area contributed by atoms with Gasteiger partial charge in [0.2, 0.25) is 0 Å². The summed E-state index contributed by atoms with van der Waals surface area (Å²) in [4.78, 5) is 11.6. The third-order valence-electron chi connectivity index (χ3n) is 2.25. The Balaban J connectivity index is 2.38. The maximum absolute atomic E-state index is 10.5. The lowest BCUT2D eigenvalue weighted by Gasteiger charge is -1.98. The second kappa shape index (κ2) is 4.40. The molecule has 0 aliphatic carbocycles. The van der Waals surface area contributed by atoms with Gasteiger partial charge in [0.05, 0.1) is 11.4 Å². The van der Waals surface area contributed by atoms with Crippen molar-refractivity contribution in [2.24, 2.45) is 0 Å². The van der Waals surface area contributed by atoms with E-state index in [1.807, 2.05) is 17.5 Å². The molecule has 0 spiro atoms. The lowest BCUT2D eigenvalue weighted by atomic mass is 10.3. The SMILES string of the molecule is CCc1cc(-c2cccs2)nn1CC=O. The van der Waals surface area contributed by atoms with Crippen molar-refractivity contribution in [3.63, 3.8) is 0 Å². The van der Waals surface area contributed by atoms with Crippen LogP contribution < -0.4 is 0 Å². The van der Waals surface area contributed by atoms with E-state index in [0.717, 1.165) is 29.0 Å². The first-order chi connectivity index (χ1) is 7.35. The van der Waals surface area contributed by atoms with Gasteiger partial charge in [-0.3, -0.25) is 4.68 Å². The minimum Gasteiger partial charge on any atom is -0.301 e. The molecule has 2 heterocycles. The van der Waals surface area contributed by atoms with Crippen LogP contribution in [0.2, 0.25) is 0 Å². The van der Waals surface area contributed by atoms with Crippen LogP contribution in [0.5, 0.6) is 0 Å². The van der Waals surface area contributed by atoms with Gasteiger partial charge in [-0.1, -0.05) is 13.0 Å². The third kappa shape index (κ3) is 1.99. The van der Waals surface area contributed by atoms with Crippen molar-refractivity contribution in [1.82, 2.24) is 9.78 Å².